The zero-order valence-corrected chi connectivity index (χ0v) is 17.4. The number of nitrogens with one attached hydrogen (secondary N) is 3. The second-order valence-corrected chi connectivity index (χ2v) is 7.53. The van der Waals surface area contributed by atoms with Gasteiger partial charge < -0.3 is 25.6 Å². The third-order valence-corrected chi connectivity index (χ3v) is 5.07. The van der Waals surface area contributed by atoms with Crippen LogP contribution in [-0.2, 0) is 0 Å². The molecule has 0 radical (unpaired) electrons. The molecule has 8 heteroatoms. The number of thiocarbonyl (C=S) groups is 1. The SMILES string of the molecule is COc1ccccc1NC(=S)N[C@H]1CC[C@@H](Nc2nccc(N(C)C)n2)CC1. The van der Waals surface area contributed by atoms with Gasteiger partial charge in [-0.15, -0.1) is 0 Å². The van der Waals surface area contributed by atoms with Gasteiger partial charge in [0.2, 0.25) is 5.95 Å². The Bertz CT molecular complexity index is 792. The average Bonchev–Trinajstić information content (AvgIpc) is 2.70. The largest absolute Gasteiger partial charge is 0.495 e. The molecule has 3 N–H and O–H groups in total. The van der Waals surface area contributed by atoms with Crippen LogP contribution in [0.4, 0.5) is 17.5 Å². The van der Waals surface area contributed by atoms with Crippen LogP contribution in [0.3, 0.4) is 0 Å². The third kappa shape index (κ3) is 5.45. The van der Waals surface area contributed by atoms with Crippen LogP contribution in [0.2, 0.25) is 0 Å². The van der Waals surface area contributed by atoms with E-state index in [4.69, 9.17) is 17.0 Å². The fraction of sp³-hybridized carbons (Fsp3) is 0.450. The van der Waals surface area contributed by atoms with E-state index in [2.05, 4.69) is 25.9 Å². The predicted octanol–water partition coefficient (Wildman–Crippen LogP) is 3.26. The van der Waals surface area contributed by atoms with E-state index in [1.54, 1.807) is 13.3 Å². The highest BCUT2D eigenvalue weighted by Crippen LogP contribution is 2.24. The Kier molecular flexibility index (Phi) is 6.86. The van der Waals surface area contributed by atoms with E-state index >= 15 is 0 Å². The molecule has 1 aromatic carbocycles. The maximum Gasteiger partial charge on any atom is 0.224 e. The Labute approximate surface area is 171 Å². The molecular weight excluding hydrogens is 372 g/mol. The maximum atomic E-state index is 5.48. The summed E-state index contributed by atoms with van der Waals surface area (Å²) in [5.74, 6) is 2.37. The highest BCUT2D eigenvalue weighted by molar-refractivity contribution is 7.80. The summed E-state index contributed by atoms with van der Waals surface area (Å²) in [7, 11) is 5.61. The Balaban J connectivity index is 1.46. The number of benzene rings is 1. The van der Waals surface area contributed by atoms with Gasteiger partial charge in [0, 0.05) is 32.4 Å². The number of anilines is 3. The van der Waals surface area contributed by atoms with Crippen molar-refractivity contribution in [1.29, 1.82) is 0 Å². The van der Waals surface area contributed by atoms with Crippen molar-refractivity contribution in [3.8, 4) is 5.75 Å². The van der Waals surface area contributed by atoms with Gasteiger partial charge in [0.15, 0.2) is 5.11 Å². The lowest BCUT2D eigenvalue weighted by Crippen LogP contribution is -2.42. The normalized spacial score (nSPS) is 18.8. The Morgan fingerprint density at radius 1 is 1.11 bits per heavy atom. The third-order valence-electron chi connectivity index (χ3n) is 4.85. The quantitative estimate of drug-likeness (QED) is 0.638. The van der Waals surface area contributed by atoms with Gasteiger partial charge in [-0.3, -0.25) is 0 Å². The molecule has 0 amide bonds. The van der Waals surface area contributed by atoms with Crippen molar-refractivity contribution in [2.75, 3.05) is 36.7 Å². The molecule has 0 atom stereocenters. The monoisotopic (exact) mass is 400 g/mol. The van der Waals surface area contributed by atoms with Crippen molar-refractivity contribution < 1.29 is 4.74 Å². The zero-order chi connectivity index (χ0) is 19.9. The number of hydrogen-bond donors (Lipinski definition) is 3. The summed E-state index contributed by atoms with van der Waals surface area (Å²) in [5, 5.41) is 10.7. The van der Waals surface area contributed by atoms with Gasteiger partial charge in [0.1, 0.15) is 11.6 Å². The molecule has 150 valence electrons. The first kappa shape index (κ1) is 20.1. The maximum absolute atomic E-state index is 5.48. The lowest BCUT2D eigenvalue weighted by atomic mass is 9.91. The van der Waals surface area contributed by atoms with E-state index < -0.39 is 0 Å². The summed E-state index contributed by atoms with van der Waals surface area (Å²) >= 11 is 5.48. The predicted molar refractivity (Wildman–Crippen MR) is 118 cm³/mol. The molecule has 28 heavy (non-hydrogen) atoms. The highest BCUT2D eigenvalue weighted by Gasteiger charge is 2.22. The number of para-hydroxylation sites is 2. The second-order valence-electron chi connectivity index (χ2n) is 7.12. The van der Waals surface area contributed by atoms with E-state index in [9.17, 15) is 0 Å². The molecule has 0 bridgehead atoms. The smallest absolute Gasteiger partial charge is 0.224 e. The van der Waals surface area contributed by atoms with Crippen LogP contribution in [-0.4, -0.2) is 48.4 Å². The van der Waals surface area contributed by atoms with E-state index in [0.29, 0.717) is 23.1 Å². The molecule has 1 aromatic heterocycles. The number of ether oxygens (including phenoxy) is 1. The Hall–Kier alpha value is -2.61. The average molecular weight is 401 g/mol. The number of aromatic nitrogens is 2. The number of hydrogen-bond acceptors (Lipinski definition) is 6. The molecule has 0 aliphatic heterocycles. The summed E-state index contributed by atoms with van der Waals surface area (Å²) in [5.41, 5.74) is 0.871. The molecule has 1 saturated carbocycles. The van der Waals surface area contributed by atoms with Gasteiger partial charge >= 0.3 is 0 Å². The molecule has 1 aliphatic carbocycles. The minimum atomic E-state index is 0.363. The van der Waals surface area contributed by atoms with E-state index in [1.807, 2.05) is 49.3 Å². The summed E-state index contributed by atoms with van der Waals surface area (Å²) < 4.78 is 5.36. The van der Waals surface area contributed by atoms with Gasteiger partial charge in [0.05, 0.1) is 12.8 Å². The summed E-state index contributed by atoms with van der Waals surface area (Å²) in [4.78, 5) is 10.9. The molecular formula is C20H28N6OS. The number of methoxy groups -OCH3 is 1. The Morgan fingerprint density at radius 3 is 2.54 bits per heavy atom. The van der Waals surface area contributed by atoms with Gasteiger partial charge in [-0.25, -0.2) is 4.98 Å². The van der Waals surface area contributed by atoms with Crippen molar-refractivity contribution in [3.63, 3.8) is 0 Å². The molecule has 3 rings (SSSR count). The van der Waals surface area contributed by atoms with Crippen LogP contribution >= 0.6 is 12.2 Å². The molecule has 0 unspecified atom stereocenters. The second kappa shape index (κ2) is 9.54. The highest BCUT2D eigenvalue weighted by atomic mass is 32.1. The van der Waals surface area contributed by atoms with Crippen LogP contribution in [0.1, 0.15) is 25.7 Å². The molecule has 1 fully saturated rings. The topological polar surface area (TPSA) is 74.3 Å². The van der Waals surface area contributed by atoms with Crippen LogP contribution in [0.15, 0.2) is 36.5 Å². The molecule has 1 aliphatic rings. The first-order valence-corrected chi connectivity index (χ1v) is 9.93. The van der Waals surface area contributed by atoms with Crippen molar-refractivity contribution >= 4 is 34.8 Å². The van der Waals surface area contributed by atoms with Crippen LogP contribution in [0.25, 0.3) is 0 Å². The molecule has 1 heterocycles. The van der Waals surface area contributed by atoms with Gasteiger partial charge in [-0.1, -0.05) is 12.1 Å². The van der Waals surface area contributed by atoms with Crippen LogP contribution < -0.4 is 25.6 Å². The van der Waals surface area contributed by atoms with Crippen molar-refractivity contribution in [3.05, 3.63) is 36.5 Å². The molecule has 7 nitrogen and oxygen atoms in total. The summed E-state index contributed by atoms with van der Waals surface area (Å²) in [6, 6.07) is 10.4. The lowest BCUT2D eigenvalue weighted by Gasteiger charge is -2.30. The first-order chi connectivity index (χ1) is 13.5. The van der Waals surface area contributed by atoms with Crippen LogP contribution in [0, 0.1) is 0 Å². The lowest BCUT2D eigenvalue weighted by molar-refractivity contribution is 0.387. The minimum absolute atomic E-state index is 0.363. The van der Waals surface area contributed by atoms with E-state index in [-0.39, 0.29) is 0 Å². The zero-order valence-electron chi connectivity index (χ0n) is 16.6. The molecule has 2 aromatic rings. The van der Waals surface area contributed by atoms with Crippen molar-refractivity contribution in [2.24, 2.45) is 0 Å². The number of nitrogens with zero attached hydrogens (tertiary/aromatic N) is 3. The minimum Gasteiger partial charge on any atom is -0.495 e. The van der Waals surface area contributed by atoms with Gasteiger partial charge in [0.25, 0.3) is 0 Å². The summed E-state index contributed by atoms with van der Waals surface area (Å²) in [6.07, 6.45) is 5.96. The van der Waals surface area contributed by atoms with Crippen molar-refractivity contribution in [2.45, 2.75) is 37.8 Å². The van der Waals surface area contributed by atoms with Crippen molar-refractivity contribution in [1.82, 2.24) is 15.3 Å². The fourth-order valence-corrected chi connectivity index (χ4v) is 3.60. The summed E-state index contributed by atoms with van der Waals surface area (Å²) in [6.45, 7) is 0. The van der Waals surface area contributed by atoms with E-state index in [1.165, 1.54) is 0 Å². The van der Waals surface area contributed by atoms with Crippen LogP contribution in [0.5, 0.6) is 5.75 Å². The fourth-order valence-electron chi connectivity index (χ4n) is 3.32. The molecule has 0 spiro atoms. The Morgan fingerprint density at radius 2 is 1.82 bits per heavy atom. The van der Waals surface area contributed by atoms with Gasteiger partial charge in [-0.2, -0.15) is 4.98 Å². The first-order valence-electron chi connectivity index (χ1n) is 9.52. The van der Waals surface area contributed by atoms with Gasteiger partial charge in [-0.05, 0) is 56.1 Å². The van der Waals surface area contributed by atoms with E-state index in [0.717, 1.165) is 42.9 Å². The standard InChI is InChI=1S/C20H28N6OS/c1-26(2)18-12-13-21-19(25-18)22-14-8-10-15(11-9-14)23-20(28)24-16-6-4-5-7-17(16)27-3/h4-7,12-15H,8-11H2,1-3H3,(H,21,22,25)(H2,23,24,28)/t14-,15+. The molecule has 0 saturated heterocycles. The number of rotatable bonds is 6.